The standard InChI is InChI=1S/C23H23NO3/c25-23(26)13-18-10-12-20(14-21(18)16-5-1-2-6-16)27-15-19-11-9-17-7-3-4-8-22(17)24-19/h3-4,7-12,14,16H,1-2,5-6,13,15H2,(H,25,26). The molecule has 1 aromatic heterocycles. The van der Waals surface area contributed by atoms with Gasteiger partial charge in [-0.25, -0.2) is 4.98 Å². The number of fused-ring (bicyclic) bond motifs is 1. The SMILES string of the molecule is O=C(O)Cc1ccc(OCc2ccc3ccccc3n2)cc1C1CCCC1. The van der Waals surface area contributed by atoms with Crippen molar-refractivity contribution in [1.29, 1.82) is 0 Å². The number of rotatable bonds is 6. The van der Waals surface area contributed by atoms with Gasteiger partial charge in [0.15, 0.2) is 0 Å². The largest absolute Gasteiger partial charge is 0.487 e. The van der Waals surface area contributed by atoms with Crippen LogP contribution >= 0.6 is 0 Å². The van der Waals surface area contributed by atoms with Gasteiger partial charge in [0.25, 0.3) is 0 Å². The van der Waals surface area contributed by atoms with Gasteiger partial charge in [0.2, 0.25) is 0 Å². The minimum Gasteiger partial charge on any atom is -0.487 e. The number of nitrogens with zero attached hydrogens (tertiary/aromatic N) is 1. The van der Waals surface area contributed by atoms with Crippen LogP contribution in [0.15, 0.2) is 54.6 Å². The number of hydrogen-bond acceptors (Lipinski definition) is 3. The van der Waals surface area contributed by atoms with Crippen molar-refractivity contribution in [2.24, 2.45) is 0 Å². The Morgan fingerprint density at radius 1 is 1.07 bits per heavy atom. The number of carbonyl (C=O) groups is 1. The summed E-state index contributed by atoms with van der Waals surface area (Å²) in [5, 5.41) is 10.3. The lowest BCUT2D eigenvalue weighted by Gasteiger charge is -2.16. The fraction of sp³-hybridized carbons (Fsp3) is 0.304. The first-order valence-electron chi connectivity index (χ1n) is 9.51. The smallest absolute Gasteiger partial charge is 0.307 e. The molecule has 1 saturated carbocycles. The summed E-state index contributed by atoms with van der Waals surface area (Å²) < 4.78 is 5.99. The van der Waals surface area contributed by atoms with Crippen LogP contribution in [0, 0.1) is 0 Å². The summed E-state index contributed by atoms with van der Waals surface area (Å²) in [5.74, 6) is 0.436. The van der Waals surface area contributed by atoms with E-state index in [1.165, 1.54) is 12.8 Å². The molecular formula is C23H23NO3. The van der Waals surface area contributed by atoms with Crippen molar-refractivity contribution in [3.8, 4) is 5.75 Å². The maximum atomic E-state index is 11.2. The van der Waals surface area contributed by atoms with Gasteiger partial charge in [0, 0.05) is 5.39 Å². The summed E-state index contributed by atoms with van der Waals surface area (Å²) in [6.07, 6.45) is 4.75. The van der Waals surface area contributed by atoms with Crippen LogP contribution in [0.1, 0.15) is 48.4 Å². The lowest BCUT2D eigenvalue weighted by molar-refractivity contribution is -0.136. The molecule has 0 atom stereocenters. The van der Waals surface area contributed by atoms with Crippen molar-refractivity contribution in [2.75, 3.05) is 0 Å². The lowest BCUT2D eigenvalue weighted by Crippen LogP contribution is -2.07. The number of ether oxygens (including phenoxy) is 1. The van der Waals surface area contributed by atoms with Crippen LogP contribution in [0.4, 0.5) is 0 Å². The molecule has 1 heterocycles. The molecule has 0 spiro atoms. The number of aromatic nitrogens is 1. The Balaban J connectivity index is 1.53. The van der Waals surface area contributed by atoms with Crippen molar-refractivity contribution in [3.05, 3.63) is 71.4 Å². The van der Waals surface area contributed by atoms with E-state index < -0.39 is 5.97 Å². The van der Waals surface area contributed by atoms with Gasteiger partial charge < -0.3 is 9.84 Å². The van der Waals surface area contributed by atoms with Crippen LogP contribution in [0.2, 0.25) is 0 Å². The Morgan fingerprint density at radius 3 is 2.70 bits per heavy atom. The molecule has 3 aromatic rings. The molecule has 0 bridgehead atoms. The predicted molar refractivity (Wildman–Crippen MR) is 105 cm³/mol. The third kappa shape index (κ3) is 4.11. The topological polar surface area (TPSA) is 59.4 Å². The monoisotopic (exact) mass is 361 g/mol. The minimum absolute atomic E-state index is 0.0678. The molecule has 4 rings (SSSR count). The van der Waals surface area contributed by atoms with Crippen LogP contribution < -0.4 is 4.74 Å². The van der Waals surface area contributed by atoms with Crippen molar-refractivity contribution < 1.29 is 14.6 Å². The summed E-state index contributed by atoms with van der Waals surface area (Å²) in [5.41, 5.74) is 3.89. The molecule has 4 nitrogen and oxygen atoms in total. The van der Waals surface area contributed by atoms with Crippen molar-refractivity contribution in [1.82, 2.24) is 4.98 Å². The van der Waals surface area contributed by atoms with Gasteiger partial charge in [-0.1, -0.05) is 43.2 Å². The number of pyridine rings is 1. The van der Waals surface area contributed by atoms with Crippen LogP contribution in [0.3, 0.4) is 0 Å². The molecule has 0 saturated heterocycles. The average molecular weight is 361 g/mol. The number of hydrogen-bond donors (Lipinski definition) is 1. The average Bonchev–Trinajstić information content (AvgIpc) is 3.21. The maximum absolute atomic E-state index is 11.2. The predicted octanol–water partition coefficient (Wildman–Crippen LogP) is 5.10. The van der Waals surface area contributed by atoms with Gasteiger partial charge in [0.1, 0.15) is 12.4 Å². The molecular weight excluding hydrogens is 338 g/mol. The zero-order valence-corrected chi connectivity index (χ0v) is 15.2. The lowest BCUT2D eigenvalue weighted by atomic mass is 9.91. The zero-order chi connectivity index (χ0) is 18.6. The summed E-state index contributed by atoms with van der Waals surface area (Å²) in [4.78, 5) is 15.8. The van der Waals surface area contributed by atoms with E-state index >= 15 is 0 Å². The van der Waals surface area contributed by atoms with E-state index in [1.54, 1.807) is 0 Å². The number of benzene rings is 2. The molecule has 1 aliphatic carbocycles. The first kappa shape index (κ1) is 17.5. The molecule has 0 amide bonds. The number of carboxylic acids is 1. The molecule has 1 fully saturated rings. The molecule has 0 radical (unpaired) electrons. The second-order valence-electron chi connectivity index (χ2n) is 7.20. The molecule has 2 aromatic carbocycles. The van der Waals surface area contributed by atoms with E-state index in [9.17, 15) is 9.90 Å². The van der Waals surface area contributed by atoms with Crippen molar-refractivity contribution in [2.45, 2.75) is 44.6 Å². The molecule has 0 unspecified atom stereocenters. The van der Waals surface area contributed by atoms with Gasteiger partial charge in [-0.3, -0.25) is 4.79 Å². The highest BCUT2D eigenvalue weighted by atomic mass is 16.5. The summed E-state index contributed by atoms with van der Waals surface area (Å²) >= 11 is 0. The van der Waals surface area contributed by atoms with E-state index in [-0.39, 0.29) is 6.42 Å². The molecule has 0 aliphatic heterocycles. The van der Waals surface area contributed by atoms with Gasteiger partial charge in [-0.2, -0.15) is 0 Å². The highest BCUT2D eigenvalue weighted by Crippen LogP contribution is 2.37. The Kier molecular flexibility index (Phi) is 5.05. The third-order valence-electron chi connectivity index (χ3n) is 5.30. The quantitative estimate of drug-likeness (QED) is 0.664. The van der Waals surface area contributed by atoms with E-state index in [4.69, 9.17) is 4.74 Å². The van der Waals surface area contributed by atoms with Crippen molar-refractivity contribution >= 4 is 16.9 Å². The fourth-order valence-electron chi connectivity index (χ4n) is 3.95. The van der Waals surface area contributed by atoms with E-state index in [0.29, 0.717) is 12.5 Å². The highest BCUT2D eigenvalue weighted by Gasteiger charge is 2.21. The van der Waals surface area contributed by atoms with Gasteiger partial charge in [0.05, 0.1) is 17.6 Å². The number of aliphatic carboxylic acids is 1. The minimum atomic E-state index is -0.789. The Bertz CT molecular complexity index is 961. The molecule has 1 N–H and O–H groups in total. The number of para-hydroxylation sites is 1. The highest BCUT2D eigenvalue weighted by molar-refractivity contribution is 5.78. The number of carboxylic acid groups (broad SMARTS) is 1. The van der Waals surface area contributed by atoms with E-state index in [2.05, 4.69) is 11.1 Å². The normalized spacial score (nSPS) is 14.5. The molecule has 1 aliphatic rings. The molecule has 27 heavy (non-hydrogen) atoms. The third-order valence-corrected chi connectivity index (χ3v) is 5.30. The first-order valence-corrected chi connectivity index (χ1v) is 9.51. The van der Waals surface area contributed by atoms with Crippen LogP contribution in [0.25, 0.3) is 10.9 Å². The Hall–Kier alpha value is -2.88. The Labute approximate surface area is 158 Å². The molecule has 4 heteroatoms. The van der Waals surface area contributed by atoms with Crippen LogP contribution in [-0.4, -0.2) is 16.1 Å². The second-order valence-corrected chi connectivity index (χ2v) is 7.20. The maximum Gasteiger partial charge on any atom is 0.307 e. The van der Waals surface area contributed by atoms with E-state index in [0.717, 1.165) is 46.3 Å². The van der Waals surface area contributed by atoms with Gasteiger partial charge in [-0.05, 0) is 54.2 Å². The van der Waals surface area contributed by atoms with E-state index in [1.807, 2.05) is 48.5 Å². The summed E-state index contributed by atoms with van der Waals surface area (Å²) in [6.45, 7) is 0.396. The van der Waals surface area contributed by atoms with Crippen molar-refractivity contribution in [3.63, 3.8) is 0 Å². The fourth-order valence-corrected chi connectivity index (χ4v) is 3.95. The second kappa shape index (κ2) is 7.78. The first-order chi connectivity index (χ1) is 13.2. The molecule has 138 valence electrons. The Morgan fingerprint density at radius 2 is 1.89 bits per heavy atom. The van der Waals surface area contributed by atoms with Crippen LogP contribution in [0.5, 0.6) is 5.75 Å². The zero-order valence-electron chi connectivity index (χ0n) is 15.2. The van der Waals surface area contributed by atoms with Gasteiger partial charge in [-0.15, -0.1) is 0 Å². The van der Waals surface area contributed by atoms with Gasteiger partial charge >= 0.3 is 5.97 Å². The summed E-state index contributed by atoms with van der Waals surface area (Å²) in [6, 6.07) is 17.9. The summed E-state index contributed by atoms with van der Waals surface area (Å²) in [7, 11) is 0. The van der Waals surface area contributed by atoms with Crippen LogP contribution in [-0.2, 0) is 17.8 Å².